The molecule has 0 heterocycles. The summed E-state index contributed by atoms with van der Waals surface area (Å²) >= 11 is 0. The molecule has 0 saturated heterocycles. The maximum atomic E-state index is 11.9. The number of rotatable bonds is 15. The third-order valence-corrected chi connectivity index (χ3v) is 6.75. The molecule has 1 N–H and O–H groups in total. The van der Waals surface area contributed by atoms with Gasteiger partial charge in [0, 0.05) is 5.39 Å². The summed E-state index contributed by atoms with van der Waals surface area (Å²) < 4.78 is 38.9. The van der Waals surface area contributed by atoms with Crippen LogP contribution in [0.5, 0.6) is 5.75 Å². The van der Waals surface area contributed by atoms with Gasteiger partial charge in [-0.15, -0.1) is 0 Å². The Morgan fingerprint density at radius 3 is 1.93 bits per heavy atom. The smallest absolute Gasteiger partial charge is 0.294 e. The maximum absolute atomic E-state index is 11.9. The third-order valence-electron chi connectivity index (χ3n) is 5.82. The van der Waals surface area contributed by atoms with Gasteiger partial charge in [0.25, 0.3) is 10.1 Å². The molecule has 2 aromatic rings. The molecule has 0 saturated carbocycles. The molecule has 0 fully saturated rings. The van der Waals surface area contributed by atoms with Crippen molar-refractivity contribution in [1.29, 1.82) is 0 Å². The van der Waals surface area contributed by atoms with Gasteiger partial charge in [0.05, 0.1) is 12.0 Å². The van der Waals surface area contributed by atoms with Gasteiger partial charge in [-0.05, 0) is 42.0 Å². The van der Waals surface area contributed by atoms with Gasteiger partial charge in [0.2, 0.25) is 0 Å². The molecule has 0 atom stereocenters. The van der Waals surface area contributed by atoms with E-state index in [9.17, 15) is 13.0 Å². The summed E-state index contributed by atoms with van der Waals surface area (Å²) in [5.74, 6) is 0.606. The normalized spacial score (nSPS) is 11.8. The van der Waals surface area contributed by atoms with Gasteiger partial charge in [-0.25, -0.2) is 0 Å². The molecule has 0 amide bonds. The lowest BCUT2D eigenvalue weighted by atomic mass is 10.0. The van der Waals surface area contributed by atoms with Gasteiger partial charge in [-0.2, -0.15) is 8.42 Å². The summed E-state index contributed by atoms with van der Waals surface area (Å²) in [7, 11) is -2.71. The van der Waals surface area contributed by atoms with Crippen molar-refractivity contribution in [3.05, 3.63) is 35.9 Å². The number of fused-ring (bicyclic) bond motifs is 1. The molecular weight excluding hydrogens is 396 g/mol. The summed E-state index contributed by atoms with van der Waals surface area (Å²) in [6.45, 7) is 2.25. The van der Waals surface area contributed by atoms with Crippen molar-refractivity contribution >= 4 is 20.9 Å². The summed E-state index contributed by atoms with van der Waals surface area (Å²) in [6, 6.07) is 9.04. The molecule has 2 aromatic carbocycles. The molecule has 5 heteroatoms. The Hall–Kier alpha value is -1.59. The second-order valence-electron chi connectivity index (χ2n) is 8.26. The Balaban J connectivity index is 1.80. The van der Waals surface area contributed by atoms with E-state index in [1.807, 2.05) is 18.2 Å². The summed E-state index contributed by atoms with van der Waals surface area (Å²) in [5, 5.41) is 1.63. The van der Waals surface area contributed by atoms with Crippen LogP contribution in [-0.4, -0.2) is 20.1 Å². The van der Waals surface area contributed by atoms with Crippen molar-refractivity contribution in [2.24, 2.45) is 0 Å². The summed E-state index contributed by atoms with van der Waals surface area (Å²) in [4.78, 5) is 0.00238. The van der Waals surface area contributed by atoms with Crippen LogP contribution < -0.4 is 4.74 Å². The molecule has 0 bridgehead atoms. The van der Waals surface area contributed by atoms with E-state index in [1.165, 1.54) is 64.2 Å². The van der Waals surface area contributed by atoms with Crippen LogP contribution in [0.15, 0.2) is 35.2 Å². The predicted molar refractivity (Wildman–Crippen MR) is 125 cm³/mol. The predicted octanol–water partition coefficient (Wildman–Crippen LogP) is 7.34. The molecule has 0 aliphatic heterocycles. The molecule has 168 valence electrons. The van der Waals surface area contributed by atoms with Crippen molar-refractivity contribution in [1.82, 2.24) is 0 Å². The Kier molecular flexibility index (Phi) is 10.7. The number of ether oxygens (including phenoxy) is 1. The van der Waals surface area contributed by atoms with Crippen LogP contribution >= 0.6 is 0 Å². The van der Waals surface area contributed by atoms with Gasteiger partial charge >= 0.3 is 0 Å². The van der Waals surface area contributed by atoms with E-state index in [2.05, 4.69) is 6.92 Å². The molecule has 0 aliphatic rings. The molecule has 0 aliphatic carbocycles. The van der Waals surface area contributed by atoms with Crippen LogP contribution in [0.2, 0.25) is 0 Å². The van der Waals surface area contributed by atoms with Gasteiger partial charge in [0.15, 0.2) is 0 Å². The number of hydrogen-bond acceptors (Lipinski definition) is 3. The first-order valence-corrected chi connectivity index (χ1v) is 13.0. The number of methoxy groups -OCH3 is 1. The van der Waals surface area contributed by atoms with E-state index in [-0.39, 0.29) is 4.90 Å². The van der Waals surface area contributed by atoms with Crippen LogP contribution in [0.3, 0.4) is 0 Å². The zero-order valence-corrected chi connectivity index (χ0v) is 19.5. The maximum Gasteiger partial charge on any atom is 0.294 e. The lowest BCUT2D eigenvalue weighted by Crippen LogP contribution is -2.04. The highest BCUT2D eigenvalue weighted by molar-refractivity contribution is 7.85. The van der Waals surface area contributed by atoms with E-state index in [1.54, 1.807) is 19.2 Å². The van der Waals surface area contributed by atoms with Gasteiger partial charge < -0.3 is 4.74 Å². The second kappa shape index (κ2) is 13.0. The van der Waals surface area contributed by atoms with Crippen molar-refractivity contribution < 1.29 is 17.7 Å². The summed E-state index contributed by atoms with van der Waals surface area (Å²) in [6.07, 6.45) is 15.8. The Morgan fingerprint density at radius 1 is 0.833 bits per heavy atom. The van der Waals surface area contributed by atoms with E-state index < -0.39 is 10.1 Å². The molecular formula is C25H38O4S. The molecule has 30 heavy (non-hydrogen) atoms. The minimum atomic E-state index is -4.27. The highest BCUT2D eigenvalue weighted by atomic mass is 32.2. The Bertz CT molecular complexity index is 874. The first-order valence-electron chi connectivity index (χ1n) is 11.5. The number of hydrogen-bond donors (Lipinski definition) is 1. The highest BCUT2D eigenvalue weighted by Gasteiger charge is 2.17. The Labute approximate surface area is 182 Å². The lowest BCUT2D eigenvalue weighted by Gasteiger charge is -2.12. The minimum absolute atomic E-state index is 0.00238. The fourth-order valence-corrected chi connectivity index (χ4v) is 4.85. The first-order chi connectivity index (χ1) is 14.5. The van der Waals surface area contributed by atoms with Crippen LogP contribution in [0.4, 0.5) is 0 Å². The van der Waals surface area contributed by atoms with Crippen molar-refractivity contribution in [3.63, 3.8) is 0 Å². The SMILES string of the molecule is CCCCCCCCCCCCCCc1cc2cccc(OC)c2cc1S(=O)(=O)O. The quantitative estimate of drug-likeness (QED) is 0.235. The van der Waals surface area contributed by atoms with Crippen molar-refractivity contribution in [2.45, 2.75) is 95.3 Å². The van der Waals surface area contributed by atoms with Gasteiger partial charge in [-0.3, -0.25) is 4.55 Å². The minimum Gasteiger partial charge on any atom is -0.496 e. The van der Waals surface area contributed by atoms with E-state index in [0.29, 0.717) is 23.1 Å². The fraction of sp³-hybridized carbons (Fsp3) is 0.600. The molecule has 4 nitrogen and oxygen atoms in total. The topological polar surface area (TPSA) is 63.6 Å². The van der Waals surface area contributed by atoms with Crippen LogP contribution in [0.1, 0.15) is 89.5 Å². The zero-order chi connectivity index (χ0) is 21.8. The molecule has 0 spiro atoms. The molecule has 0 unspecified atom stereocenters. The largest absolute Gasteiger partial charge is 0.496 e. The zero-order valence-electron chi connectivity index (χ0n) is 18.7. The molecule has 0 radical (unpaired) electrons. The lowest BCUT2D eigenvalue weighted by molar-refractivity contribution is 0.419. The van der Waals surface area contributed by atoms with Crippen LogP contribution in [0.25, 0.3) is 10.8 Å². The van der Waals surface area contributed by atoms with E-state index >= 15 is 0 Å². The highest BCUT2D eigenvalue weighted by Crippen LogP contribution is 2.31. The van der Waals surface area contributed by atoms with Crippen LogP contribution in [-0.2, 0) is 16.5 Å². The monoisotopic (exact) mass is 434 g/mol. The van der Waals surface area contributed by atoms with Gasteiger partial charge in [-0.1, -0.05) is 89.7 Å². The number of aryl methyl sites for hydroxylation is 1. The Morgan fingerprint density at radius 2 is 1.40 bits per heavy atom. The molecule has 2 rings (SSSR count). The van der Waals surface area contributed by atoms with Gasteiger partial charge in [0.1, 0.15) is 5.75 Å². The third kappa shape index (κ3) is 7.92. The second-order valence-corrected chi connectivity index (χ2v) is 9.65. The first kappa shape index (κ1) is 24.7. The number of benzene rings is 2. The van der Waals surface area contributed by atoms with Crippen molar-refractivity contribution in [2.75, 3.05) is 7.11 Å². The number of unbranched alkanes of at least 4 members (excludes halogenated alkanes) is 11. The van der Waals surface area contributed by atoms with Crippen LogP contribution in [0, 0.1) is 0 Å². The average Bonchev–Trinajstić information content (AvgIpc) is 2.72. The fourth-order valence-electron chi connectivity index (χ4n) is 4.09. The standard InChI is InChI=1S/C25H38O4S/c1-3-4-5-6-7-8-9-10-11-12-13-14-16-22-19-21-17-15-18-24(29-2)23(21)20-25(22)30(26,27)28/h15,17-20H,3-14,16H2,1-2H3,(H,26,27,28). The van der Waals surface area contributed by atoms with E-state index in [4.69, 9.17) is 4.74 Å². The average molecular weight is 435 g/mol. The van der Waals surface area contributed by atoms with E-state index in [0.717, 1.165) is 18.2 Å². The molecule has 0 aromatic heterocycles. The summed E-state index contributed by atoms with van der Waals surface area (Å²) in [5.41, 5.74) is 0.685. The van der Waals surface area contributed by atoms with Crippen molar-refractivity contribution in [3.8, 4) is 5.75 Å².